The monoisotopic (exact) mass is 434 g/mol. The summed E-state index contributed by atoms with van der Waals surface area (Å²) in [6.07, 6.45) is 0.931. The maximum atomic E-state index is 14.4. The molecule has 0 radical (unpaired) electrons. The zero-order valence-corrected chi connectivity index (χ0v) is 18.8. The fourth-order valence-electron chi connectivity index (χ4n) is 4.17. The molecule has 1 aliphatic rings. The molecule has 3 aromatic rings. The Balaban J connectivity index is 1.66. The molecule has 0 spiro atoms. The molecule has 1 saturated heterocycles. The Labute approximate surface area is 189 Å². The maximum Gasteiger partial charge on any atom is 0.161 e. The van der Waals surface area contributed by atoms with Crippen LogP contribution in [0.5, 0.6) is 0 Å². The number of anilines is 1. The van der Waals surface area contributed by atoms with Crippen LogP contribution in [0.1, 0.15) is 30.2 Å². The summed E-state index contributed by atoms with van der Waals surface area (Å²) in [6, 6.07) is 16.9. The summed E-state index contributed by atoms with van der Waals surface area (Å²) < 4.78 is 14.4. The molecule has 4 rings (SSSR count). The first kappa shape index (κ1) is 22.4. The van der Waals surface area contributed by atoms with Crippen molar-refractivity contribution in [1.82, 2.24) is 14.9 Å². The minimum Gasteiger partial charge on any atom is -0.392 e. The van der Waals surface area contributed by atoms with E-state index in [4.69, 9.17) is 9.97 Å². The van der Waals surface area contributed by atoms with Gasteiger partial charge in [-0.1, -0.05) is 55.5 Å². The van der Waals surface area contributed by atoms with Crippen molar-refractivity contribution in [3.8, 4) is 11.4 Å². The van der Waals surface area contributed by atoms with Crippen molar-refractivity contribution in [2.75, 3.05) is 37.6 Å². The minimum atomic E-state index is -0.288. The molecule has 0 saturated carbocycles. The number of piperazine rings is 1. The largest absolute Gasteiger partial charge is 0.392 e. The number of aromatic nitrogens is 2. The van der Waals surface area contributed by atoms with E-state index in [1.54, 1.807) is 6.07 Å². The Bertz CT molecular complexity index is 1040. The van der Waals surface area contributed by atoms with Crippen molar-refractivity contribution in [2.24, 2.45) is 0 Å². The minimum absolute atomic E-state index is 0.205. The number of hydrogen-bond donors (Lipinski definition) is 1. The van der Waals surface area contributed by atoms with Gasteiger partial charge in [-0.05, 0) is 25.0 Å². The first-order valence-corrected chi connectivity index (χ1v) is 11.4. The van der Waals surface area contributed by atoms with Crippen LogP contribution < -0.4 is 4.90 Å². The SMILES string of the molecule is CC[C@@H](O)CN1CCN(c2nc(-c3ccccc3)nc(C)c2Cc2ccccc2F)CC1. The number of β-amino-alcohol motifs (C(OH)–C–C–N with tert-alkyl or cyclic N) is 1. The van der Waals surface area contributed by atoms with Gasteiger partial charge in [-0.15, -0.1) is 0 Å². The Morgan fingerprint density at radius 1 is 0.969 bits per heavy atom. The van der Waals surface area contributed by atoms with Gasteiger partial charge in [-0.3, -0.25) is 4.90 Å². The van der Waals surface area contributed by atoms with Crippen LogP contribution in [0.3, 0.4) is 0 Å². The lowest BCUT2D eigenvalue weighted by molar-refractivity contribution is 0.106. The molecule has 0 aliphatic carbocycles. The molecular formula is C26H31FN4O. The average Bonchev–Trinajstić information content (AvgIpc) is 2.82. The van der Waals surface area contributed by atoms with E-state index in [9.17, 15) is 9.50 Å². The van der Waals surface area contributed by atoms with Gasteiger partial charge in [0.15, 0.2) is 5.82 Å². The number of hydrogen-bond acceptors (Lipinski definition) is 5. The van der Waals surface area contributed by atoms with Crippen LogP contribution in [0.4, 0.5) is 10.2 Å². The highest BCUT2D eigenvalue weighted by atomic mass is 19.1. The third kappa shape index (κ3) is 5.14. The highest BCUT2D eigenvalue weighted by Gasteiger charge is 2.24. The zero-order chi connectivity index (χ0) is 22.5. The van der Waals surface area contributed by atoms with Crippen molar-refractivity contribution in [1.29, 1.82) is 0 Å². The molecule has 0 amide bonds. The van der Waals surface area contributed by atoms with E-state index in [1.165, 1.54) is 6.07 Å². The van der Waals surface area contributed by atoms with Crippen molar-refractivity contribution in [3.63, 3.8) is 0 Å². The van der Waals surface area contributed by atoms with Gasteiger partial charge in [-0.2, -0.15) is 0 Å². The average molecular weight is 435 g/mol. The van der Waals surface area contributed by atoms with E-state index in [2.05, 4.69) is 9.80 Å². The number of benzene rings is 2. The molecule has 0 unspecified atom stereocenters. The Morgan fingerprint density at radius 2 is 1.66 bits per heavy atom. The number of aliphatic hydroxyl groups excluding tert-OH is 1. The molecular weight excluding hydrogens is 403 g/mol. The lowest BCUT2D eigenvalue weighted by Crippen LogP contribution is -2.49. The van der Waals surface area contributed by atoms with Crippen LogP contribution in [0.15, 0.2) is 54.6 Å². The quantitative estimate of drug-likeness (QED) is 0.607. The molecule has 5 nitrogen and oxygen atoms in total. The van der Waals surface area contributed by atoms with Crippen molar-refractivity contribution < 1.29 is 9.50 Å². The smallest absolute Gasteiger partial charge is 0.161 e. The summed E-state index contributed by atoms with van der Waals surface area (Å²) in [6.45, 7) is 8.04. The third-order valence-electron chi connectivity index (χ3n) is 6.16. The van der Waals surface area contributed by atoms with Crippen LogP contribution in [0.2, 0.25) is 0 Å². The van der Waals surface area contributed by atoms with Gasteiger partial charge >= 0.3 is 0 Å². The summed E-state index contributed by atoms with van der Waals surface area (Å²) in [4.78, 5) is 14.3. The van der Waals surface area contributed by atoms with Gasteiger partial charge < -0.3 is 10.0 Å². The van der Waals surface area contributed by atoms with Gasteiger partial charge in [0.1, 0.15) is 11.6 Å². The second kappa shape index (κ2) is 10.2. The first-order chi connectivity index (χ1) is 15.5. The van der Waals surface area contributed by atoms with Gasteiger partial charge in [-0.25, -0.2) is 14.4 Å². The van der Waals surface area contributed by atoms with E-state index in [1.807, 2.05) is 56.3 Å². The second-order valence-corrected chi connectivity index (χ2v) is 8.42. The fraction of sp³-hybridized carbons (Fsp3) is 0.385. The number of nitrogens with zero attached hydrogens (tertiary/aromatic N) is 4. The molecule has 0 bridgehead atoms. The highest BCUT2D eigenvalue weighted by molar-refractivity contribution is 5.61. The van der Waals surface area contributed by atoms with Crippen LogP contribution >= 0.6 is 0 Å². The molecule has 2 heterocycles. The lowest BCUT2D eigenvalue weighted by atomic mass is 10.0. The first-order valence-electron chi connectivity index (χ1n) is 11.4. The molecule has 168 valence electrons. The molecule has 32 heavy (non-hydrogen) atoms. The number of aliphatic hydroxyl groups is 1. The Morgan fingerprint density at radius 3 is 2.34 bits per heavy atom. The van der Waals surface area contributed by atoms with Crippen LogP contribution in [0.25, 0.3) is 11.4 Å². The van der Waals surface area contributed by atoms with Gasteiger partial charge in [0, 0.05) is 56.0 Å². The standard InChI is InChI=1S/C26H31FN4O/c1-3-22(32)18-30-13-15-31(16-14-30)26-23(17-21-11-7-8-12-24(21)27)19(2)28-25(29-26)20-9-5-4-6-10-20/h4-12,22,32H,3,13-18H2,1-2H3/t22-/m1/s1. The van der Waals surface area contributed by atoms with Crippen LogP contribution in [-0.2, 0) is 6.42 Å². The summed E-state index contributed by atoms with van der Waals surface area (Å²) in [7, 11) is 0. The number of rotatable bonds is 7. The van der Waals surface area contributed by atoms with E-state index in [0.29, 0.717) is 24.4 Å². The van der Waals surface area contributed by atoms with E-state index in [-0.39, 0.29) is 11.9 Å². The summed E-state index contributed by atoms with van der Waals surface area (Å²) in [5.41, 5.74) is 3.47. The van der Waals surface area contributed by atoms with Crippen molar-refractivity contribution >= 4 is 5.82 Å². The van der Waals surface area contributed by atoms with Gasteiger partial charge in [0.05, 0.1) is 6.10 Å². The van der Waals surface area contributed by atoms with Crippen LogP contribution in [-0.4, -0.2) is 58.8 Å². The Kier molecular flexibility index (Phi) is 7.12. The summed E-state index contributed by atoms with van der Waals surface area (Å²) in [5.74, 6) is 1.37. The van der Waals surface area contributed by atoms with Crippen LogP contribution in [0, 0.1) is 12.7 Å². The van der Waals surface area contributed by atoms with Gasteiger partial charge in [0.25, 0.3) is 0 Å². The normalized spacial score (nSPS) is 15.7. The van der Waals surface area contributed by atoms with Crippen molar-refractivity contribution in [3.05, 3.63) is 77.2 Å². The lowest BCUT2D eigenvalue weighted by Gasteiger charge is -2.37. The van der Waals surface area contributed by atoms with E-state index >= 15 is 0 Å². The van der Waals surface area contributed by atoms with Crippen molar-refractivity contribution in [2.45, 2.75) is 32.8 Å². The molecule has 1 atom stereocenters. The number of halogens is 1. The molecule has 1 fully saturated rings. The predicted molar refractivity (Wildman–Crippen MR) is 126 cm³/mol. The van der Waals surface area contributed by atoms with E-state index < -0.39 is 0 Å². The molecule has 6 heteroatoms. The molecule has 2 aromatic carbocycles. The second-order valence-electron chi connectivity index (χ2n) is 8.42. The molecule has 1 aromatic heterocycles. The molecule has 1 aliphatic heterocycles. The number of aryl methyl sites for hydroxylation is 1. The highest BCUT2D eigenvalue weighted by Crippen LogP contribution is 2.29. The summed E-state index contributed by atoms with van der Waals surface area (Å²) >= 11 is 0. The fourth-order valence-corrected chi connectivity index (χ4v) is 4.17. The molecule has 1 N–H and O–H groups in total. The predicted octanol–water partition coefficient (Wildman–Crippen LogP) is 4.07. The maximum absolute atomic E-state index is 14.4. The third-order valence-corrected chi connectivity index (χ3v) is 6.16. The summed E-state index contributed by atoms with van der Waals surface area (Å²) in [5, 5.41) is 10.0. The van der Waals surface area contributed by atoms with E-state index in [0.717, 1.165) is 55.2 Å². The zero-order valence-electron chi connectivity index (χ0n) is 18.8. The van der Waals surface area contributed by atoms with Gasteiger partial charge in [0.2, 0.25) is 0 Å². The Hall–Kier alpha value is -2.83. The topological polar surface area (TPSA) is 52.5 Å².